The van der Waals surface area contributed by atoms with E-state index in [4.69, 9.17) is 4.74 Å². The van der Waals surface area contributed by atoms with Crippen molar-refractivity contribution in [3.63, 3.8) is 0 Å². The summed E-state index contributed by atoms with van der Waals surface area (Å²) in [5.41, 5.74) is 2.42. The number of ether oxygens (including phenoxy) is 1. The monoisotopic (exact) mass is 337 g/mol. The third-order valence-corrected chi connectivity index (χ3v) is 3.81. The Morgan fingerprint density at radius 3 is 2.12 bits per heavy atom. The van der Waals surface area contributed by atoms with Crippen LogP contribution in [-0.4, -0.2) is 17.9 Å². The molecule has 0 saturated heterocycles. The first-order chi connectivity index (χ1) is 12.1. The molecule has 0 saturated carbocycles. The van der Waals surface area contributed by atoms with Gasteiger partial charge in [-0.25, -0.2) is 4.79 Å². The van der Waals surface area contributed by atoms with Gasteiger partial charge in [-0.1, -0.05) is 67.2 Å². The summed E-state index contributed by atoms with van der Waals surface area (Å²) in [6, 6.07) is 18.6. The predicted molar refractivity (Wildman–Crippen MR) is 98.1 cm³/mol. The number of benzene rings is 2. The van der Waals surface area contributed by atoms with Crippen LogP contribution < -0.4 is 5.32 Å². The minimum atomic E-state index is -0.638. The van der Waals surface area contributed by atoms with Gasteiger partial charge < -0.3 is 10.1 Å². The Balaban J connectivity index is 1.91. The molecular weight excluding hydrogens is 314 g/mol. The van der Waals surface area contributed by atoms with Crippen molar-refractivity contribution in [2.24, 2.45) is 0 Å². The molecule has 130 valence electrons. The van der Waals surface area contributed by atoms with Crippen LogP contribution in [0.3, 0.4) is 0 Å². The molecule has 0 unspecified atom stereocenters. The third kappa shape index (κ3) is 6.26. The fourth-order valence-electron chi connectivity index (χ4n) is 2.43. The molecule has 2 rings (SSSR count). The summed E-state index contributed by atoms with van der Waals surface area (Å²) in [6.07, 6.45) is 0.580. The average Bonchev–Trinajstić information content (AvgIpc) is 2.64. The second-order valence-corrected chi connectivity index (χ2v) is 5.93. The quantitative estimate of drug-likeness (QED) is 0.739. The highest BCUT2D eigenvalue weighted by Crippen LogP contribution is 2.09. The van der Waals surface area contributed by atoms with Gasteiger partial charge in [-0.15, -0.1) is 0 Å². The molecule has 1 N–H and O–H groups in total. The van der Waals surface area contributed by atoms with Gasteiger partial charge in [-0.3, -0.25) is 4.79 Å². The summed E-state index contributed by atoms with van der Waals surface area (Å²) in [6.45, 7) is 5.50. The van der Waals surface area contributed by atoms with Crippen LogP contribution in [0, 0.1) is 0 Å². The van der Waals surface area contributed by atoms with Gasteiger partial charge in [-0.2, -0.15) is 0 Å². The van der Waals surface area contributed by atoms with E-state index in [0.29, 0.717) is 18.4 Å². The number of Topliss-reactive ketones (excluding diaryl/α,β-unsaturated/α-hetero) is 1. The number of hydrogen-bond acceptors (Lipinski definition) is 3. The summed E-state index contributed by atoms with van der Waals surface area (Å²) in [7, 11) is 0. The van der Waals surface area contributed by atoms with Crippen molar-refractivity contribution in [2.45, 2.75) is 32.4 Å². The fraction of sp³-hybridized carbons (Fsp3) is 0.238. The minimum absolute atomic E-state index is 0.166. The Morgan fingerprint density at radius 2 is 1.56 bits per heavy atom. The van der Waals surface area contributed by atoms with Crippen LogP contribution in [0.2, 0.25) is 0 Å². The van der Waals surface area contributed by atoms with E-state index in [0.717, 1.165) is 11.1 Å². The molecule has 0 aliphatic heterocycles. The average molecular weight is 337 g/mol. The van der Waals surface area contributed by atoms with Crippen molar-refractivity contribution in [1.82, 2.24) is 5.32 Å². The number of carbonyl (C=O) groups is 2. The standard InChI is InChI=1S/C21H23NO3/c1-16(2)20(23)19(14-13-17-9-5-3-6-10-17)22-21(24)25-15-18-11-7-4-8-12-18/h3-12,19H,1,13-15H2,2H3,(H,22,24)/t19-/m0/s1. The maximum absolute atomic E-state index is 12.3. The van der Waals surface area contributed by atoms with Gasteiger partial charge in [0.15, 0.2) is 5.78 Å². The van der Waals surface area contributed by atoms with Crippen LogP contribution in [0.4, 0.5) is 4.79 Å². The summed E-state index contributed by atoms with van der Waals surface area (Å²) < 4.78 is 5.21. The van der Waals surface area contributed by atoms with Gasteiger partial charge >= 0.3 is 6.09 Å². The van der Waals surface area contributed by atoms with Crippen LogP contribution >= 0.6 is 0 Å². The summed E-state index contributed by atoms with van der Waals surface area (Å²) in [5.74, 6) is -0.174. The number of ketones is 1. The zero-order valence-corrected chi connectivity index (χ0v) is 14.4. The molecule has 4 heteroatoms. The topological polar surface area (TPSA) is 55.4 Å². The molecule has 0 heterocycles. The lowest BCUT2D eigenvalue weighted by atomic mass is 9.99. The molecule has 2 aromatic rings. The van der Waals surface area contributed by atoms with E-state index in [1.807, 2.05) is 60.7 Å². The fourth-order valence-corrected chi connectivity index (χ4v) is 2.43. The van der Waals surface area contributed by atoms with Gasteiger partial charge in [0.25, 0.3) is 0 Å². The van der Waals surface area contributed by atoms with E-state index in [1.165, 1.54) is 0 Å². The number of rotatable bonds is 8. The SMILES string of the molecule is C=C(C)C(=O)[C@H](CCc1ccccc1)NC(=O)OCc1ccccc1. The van der Waals surface area contributed by atoms with Crippen molar-refractivity contribution in [1.29, 1.82) is 0 Å². The highest BCUT2D eigenvalue weighted by atomic mass is 16.5. The Hall–Kier alpha value is -2.88. The Bertz CT molecular complexity index is 710. The van der Waals surface area contributed by atoms with Crippen molar-refractivity contribution in [3.8, 4) is 0 Å². The molecule has 0 radical (unpaired) electrons. The molecule has 1 atom stereocenters. The zero-order chi connectivity index (χ0) is 18.1. The van der Waals surface area contributed by atoms with E-state index in [2.05, 4.69) is 11.9 Å². The molecule has 25 heavy (non-hydrogen) atoms. The molecule has 4 nitrogen and oxygen atoms in total. The first-order valence-corrected chi connectivity index (χ1v) is 8.27. The molecule has 2 aromatic carbocycles. The second kappa shape index (κ2) is 9.42. The molecule has 1 amide bonds. The van der Waals surface area contributed by atoms with Gasteiger partial charge in [0.2, 0.25) is 0 Å². The van der Waals surface area contributed by atoms with Crippen molar-refractivity contribution < 1.29 is 14.3 Å². The molecule has 0 spiro atoms. The minimum Gasteiger partial charge on any atom is -0.445 e. The molecule has 0 aliphatic carbocycles. The van der Waals surface area contributed by atoms with E-state index in [1.54, 1.807) is 6.92 Å². The molecule has 0 aliphatic rings. The highest BCUT2D eigenvalue weighted by Gasteiger charge is 2.21. The van der Waals surface area contributed by atoms with Crippen molar-refractivity contribution in [3.05, 3.63) is 83.9 Å². The molecule has 0 fully saturated rings. The Labute approximate surface area is 148 Å². The number of hydrogen-bond donors (Lipinski definition) is 1. The number of amides is 1. The lowest BCUT2D eigenvalue weighted by Crippen LogP contribution is -2.41. The summed E-state index contributed by atoms with van der Waals surface area (Å²) >= 11 is 0. The maximum Gasteiger partial charge on any atom is 0.408 e. The largest absolute Gasteiger partial charge is 0.445 e. The summed E-state index contributed by atoms with van der Waals surface area (Å²) in [5, 5.41) is 2.67. The van der Waals surface area contributed by atoms with Crippen LogP contribution in [0.1, 0.15) is 24.5 Å². The maximum atomic E-state index is 12.3. The Kier molecular flexibility index (Phi) is 6.96. The lowest BCUT2D eigenvalue weighted by Gasteiger charge is -2.17. The summed E-state index contributed by atoms with van der Waals surface area (Å²) in [4.78, 5) is 24.4. The molecule has 0 aromatic heterocycles. The molecular formula is C21H23NO3. The highest BCUT2D eigenvalue weighted by molar-refractivity contribution is 5.99. The third-order valence-electron chi connectivity index (χ3n) is 3.81. The zero-order valence-electron chi connectivity index (χ0n) is 14.4. The lowest BCUT2D eigenvalue weighted by molar-refractivity contribution is -0.117. The number of aryl methyl sites for hydroxylation is 1. The Morgan fingerprint density at radius 1 is 1.00 bits per heavy atom. The van der Waals surface area contributed by atoms with E-state index in [9.17, 15) is 9.59 Å². The first-order valence-electron chi connectivity index (χ1n) is 8.27. The van der Waals surface area contributed by atoms with Gasteiger partial charge in [-0.05, 0) is 36.5 Å². The van der Waals surface area contributed by atoms with Crippen LogP contribution in [-0.2, 0) is 22.6 Å². The molecule has 0 bridgehead atoms. The van der Waals surface area contributed by atoms with Crippen LogP contribution in [0.5, 0.6) is 0 Å². The number of carbonyl (C=O) groups excluding carboxylic acids is 2. The van der Waals surface area contributed by atoms with Crippen molar-refractivity contribution in [2.75, 3.05) is 0 Å². The van der Waals surface area contributed by atoms with Crippen molar-refractivity contribution >= 4 is 11.9 Å². The second-order valence-electron chi connectivity index (χ2n) is 5.93. The van der Waals surface area contributed by atoms with E-state index >= 15 is 0 Å². The van der Waals surface area contributed by atoms with Gasteiger partial charge in [0.1, 0.15) is 6.61 Å². The van der Waals surface area contributed by atoms with Crippen LogP contribution in [0.15, 0.2) is 72.8 Å². The smallest absolute Gasteiger partial charge is 0.408 e. The predicted octanol–water partition coefficient (Wildman–Crippen LogP) is 4.06. The van der Waals surface area contributed by atoms with E-state index in [-0.39, 0.29) is 12.4 Å². The normalized spacial score (nSPS) is 11.4. The van der Waals surface area contributed by atoms with Gasteiger partial charge in [0, 0.05) is 0 Å². The van der Waals surface area contributed by atoms with E-state index < -0.39 is 12.1 Å². The van der Waals surface area contributed by atoms with Gasteiger partial charge in [0.05, 0.1) is 6.04 Å². The number of nitrogens with one attached hydrogen (secondary N) is 1. The van der Waals surface area contributed by atoms with Crippen LogP contribution in [0.25, 0.3) is 0 Å². The number of alkyl carbamates (subject to hydrolysis) is 1. The first kappa shape index (κ1) is 18.5.